The van der Waals surface area contributed by atoms with Crippen LogP contribution in [-0.2, 0) is 4.79 Å². The van der Waals surface area contributed by atoms with Crippen LogP contribution in [0.5, 0.6) is 0 Å². The molecule has 0 saturated carbocycles. The quantitative estimate of drug-likeness (QED) is 0.582. The van der Waals surface area contributed by atoms with Gasteiger partial charge in [0.1, 0.15) is 0 Å². The molecule has 0 bridgehead atoms. The third-order valence-corrected chi connectivity index (χ3v) is 2.75. The maximum absolute atomic E-state index is 12.1. The van der Waals surface area contributed by atoms with Crippen LogP contribution in [0.3, 0.4) is 0 Å². The zero-order chi connectivity index (χ0) is 12.9. The van der Waals surface area contributed by atoms with Gasteiger partial charge in [-0.2, -0.15) is 0 Å². The smallest absolute Gasteiger partial charge is 0.331 e. The summed E-state index contributed by atoms with van der Waals surface area (Å²) in [5.41, 5.74) is 4.29. The summed E-state index contributed by atoms with van der Waals surface area (Å²) in [4.78, 5) is 23.3. The standard InChI is InChI=1S/C13H17NO3/c1-2-3-9-13(14,12(16)17)11(15)10-7-5-4-6-8-10/h4-8H,2-3,9,14H2,1H3,(H,16,17)/t13-/m1/s1. The molecule has 92 valence electrons. The molecule has 17 heavy (non-hydrogen) atoms. The number of rotatable bonds is 6. The summed E-state index contributed by atoms with van der Waals surface area (Å²) in [6.07, 6.45) is 1.57. The van der Waals surface area contributed by atoms with E-state index in [1.165, 1.54) is 0 Å². The van der Waals surface area contributed by atoms with Crippen LogP contribution in [0, 0.1) is 0 Å². The summed E-state index contributed by atoms with van der Waals surface area (Å²) in [5.74, 6) is -1.79. The molecule has 1 rings (SSSR count). The second-order valence-corrected chi connectivity index (χ2v) is 4.08. The lowest BCUT2D eigenvalue weighted by atomic mass is 9.85. The van der Waals surface area contributed by atoms with Gasteiger partial charge in [-0.05, 0) is 6.42 Å². The average molecular weight is 235 g/mol. The second-order valence-electron chi connectivity index (χ2n) is 4.08. The summed E-state index contributed by atoms with van der Waals surface area (Å²) >= 11 is 0. The van der Waals surface area contributed by atoms with Crippen LogP contribution < -0.4 is 5.73 Å². The van der Waals surface area contributed by atoms with Gasteiger partial charge in [-0.25, -0.2) is 4.79 Å². The first-order valence-corrected chi connectivity index (χ1v) is 5.64. The van der Waals surface area contributed by atoms with Crippen LogP contribution in [0.25, 0.3) is 0 Å². The van der Waals surface area contributed by atoms with Crippen LogP contribution in [-0.4, -0.2) is 22.4 Å². The Morgan fingerprint density at radius 1 is 1.29 bits per heavy atom. The third-order valence-electron chi connectivity index (χ3n) is 2.75. The number of carbonyl (C=O) groups is 2. The van der Waals surface area contributed by atoms with Gasteiger partial charge in [0.05, 0.1) is 0 Å². The predicted molar refractivity (Wildman–Crippen MR) is 64.9 cm³/mol. The Balaban J connectivity index is 2.99. The van der Waals surface area contributed by atoms with Crippen molar-refractivity contribution in [3.05, 3.63) is 35.9 Å². The Bertz CT molecular complexity index is 402. The molecule has 0 heterocycles. The summed E-state index contributed by atoms with van der Waals surface area (Å²) in [6, 6.07) is 8.31. The van der Waals surface area contributed by atoms with Crippen molar-refractivity contribution in [2.45, 2.75) is 31.7 Å². The highest BCUT2D eigenvalue weighted by Crippen LogP contribution is 2.18. The van der Waals surface area contributed by atoms with Gasteiger partial charge in [-0.1, -0.05) is 50.1 Å². The van der Waals surface area contributed by atoms with E-state index in [1.807, 2.05) is 6.92 Å². The van der Waals surface area contributed by atoms with Crippen molar-refractivity contribution in [3.63, 3.8) is 0 Å². The number of benzene rings is 1. The highest BCUT2D eigenvalue weighted by atomic mass is 16.4. The summed E-state index contributed by atoms with van der Waals surface area (Å²) in [6.45, 7) is 1.93. The van der Waals surface area contributed by atoms with Crippen LogP contribution in [0.1, 0.15) is 36.5 Å². The van der Waals surface area contributed by atoms with Gasteiger partial charge in [-0.15, -0.1) is 0 Å². The van der Waals surface area contributed by atoms with Crippen molar-refractivity contribution < 1.29 is 14.7 Å². The van der Waals surface area contributed by atoms with E-state index in [0.717, 1.165) is 6.42 Å². The number of ketones is 1. The third kappa shape index (κ3) is 2.91. The fraction of sp³-hybridized carbons (Fsp3) is 0.385. The SMILES string of the molecule is CCCC[C@](N)(C(=O)O)C(=O)c1ccccc1. The van der Waals surface area contributed by atoms with Crippen LogP contribution >= 0.6 is 0 Å². The Hall–Kier alpha value is -1.68. The van der Waals surface area contributed by atoms with Crippen LogP contribution in [0.2, 0.25) is 0 Å². The molecule has 0 aliphatic carbocycles. The first-order chi connectivity index (χ1) is 8.02. The highest BCUT2D eigenvalue weighted by Gasteiger charge is 2.41. The van der Waals surface area contributed by atoms with Gasteiger partial charge >= 0.3 is 5.97 Å². The maximum Gasteiger partial charge on any atom is 0.331 e. The molecular weight excluding hydrogens is 218 g/mol. The number of carbonyl (C=O) groups excluding carboxylic acids is 1. The lowest BCUT2D eigenvalue weighted by molar-refractivity contribution is -0.141. The van der Waals surface area contributed by atoms with Crippen molar-refractivity contribution in [1.82, 2.24) is 0 Å². The minimum Gasteiger partial charge on any atom is -0.480 e. The molecule has 1 aromatic carbocycles. The molecular formula is C13H17NO3. The number of hydrogen-bond acceptors (Lipinski definition) is 3. The number of unbranched alkanes of at least 4 members (excludes halogenated alkanes) is 1. The largest absolute Gasteiger partial charge is 0.480 e. The fourth-order valence-corrected chi connectivity index (χ4v) is 1.62. The first-order valence-electron chi connectivity index (χ1n) is 5.64. The van der Waals surface area contributed by atoms with Crippen molar-refractivity contribution >= 4 is 11.8 Å². The molecule has 0 aliphatic heterocycles. The average Bonchev–Trinajstić information content (AvgIpc) is 2.35. The molecule has 0 unspecified atom stereocenters. The van der Waals surface area contributed by atoms with Crippen molar-refractivity contribution in [3.8, 4) is 0 Å². The molecule has 3 N–H and O–H groups in total. The van der Waals surface area contributed by atoms with E-state index >= 15 is 0 Å². The van der Waals surface area contributed by atoms with Gasteiger partial charge in [0.15, 0.2) is 11.3 Å². The van der Waals surface area contributed by atoms with Crippen LogP contribution in [0.4, 0.5) is 0 Å². The fourth-order valence-electron chi connectivity index (χ4n) is 1.62. The van der Waals surface area contributed by atoms with Crippen molar-refractivity contribution in [2.24, 2.45) is 5.73 Å². The number of nitrogens with two attached hydrogens (primary N) is 1. The van der Waals surface area contributed by atoms with E-state index in [9.17, 15) is 9.59 Å². The minimum atomic E-state index is -1.81. The van der Waals surface area contributed by atoms with E-state index in [2.05, 4.69) is 0 Å². The van der Waals surface area contributed by atoms with Gasteiger partial charge < -0.3 is 10.8 Å². The summed E-state index contributed by atoms with van der Waals surface area (Å²) in [5, 5.41) is 9.15. The summed E-state index contributed by atoms with van der Waals surface area (Å²) < 4.78 is 0. The highest BCUT2D eigenvalue weighted by molar-refractivity contribution is 6.15. The van der Waals surface area contributed by atoms with Crippen LogP contribution in [0.15, 0.2) is 30.3 Å². The topological polar surface area (TPSA) is 80.4 Å². The van der Waals surface area contributed by atoms with Gasteiger partial charge in [0, 0.05) is 5.56 Å². The lowest BCUT2D eigenvalue weighted by Crippen LogP contribution is -2.54. The molecule has 1 aromatic rings. The molecule has 0 amide bonds. The normalized spacial score (nSPS) is 14.0. The number of aliphatic carboxylic acids is 1. The predicted octanol–water partition coefficient (Wildman–Crippen LogP) is 1.84. The maximum atomic E-state index is 12.1. The minimum absolute atomic E-state index is 0.159. The molecule has 0 aliphatic rings. The van der Waals surface area contributed by atoms with Gasteiger partial charge in [-0.3, -0.25) is 4.79 Å². The van der Waals surface area contributed by atoms with E-state index in [4.69, 9.17) is 10.8 Å². The van der Waals surface area contributed by atoms with Gasteiger partial charge in [0.2, 0.25) is 0 Å². The van der Waals surface area contributed by atoms with E-state index in [-0.39, 0.29) is 6.42 Å². The Morgan fingerprint density at radius 3 is 2.35 bits per heavy atom. The molecule has 0 radical (unpaired) electrons. The van der Waals surface area contributed by atoms with E-state index in [1.54, 1.807) is 30.3 Å². The Labute approximate surface area is 100 Å². The Kier molecular flexibility index (Phi) is 4.40. The zero-order valence-electron chi connectivity index (χ0n) is 9.85. The monoisotopic (exact) mass is 235 g/mol. The second kappa shape index (κ2) is 5.59. The van der Waals surface area contributed by atoms with Crippen molar-refractivity contribution in [2.75, 3.05) is 0 Å². The molecule has 0 fully saturated rings. The van der Waals surface area contributed by atoms with Crippen molar-refractivity contribution in [1.29, 1.82) is 0 Å². The zero-order valence-corrected chi connectivity index (χ0v) is 9.85. The first kappa shape index (κ1) is 13.4. The van der Waals surface area contributed by atoms with Gasteiger partial charge in [0.25, 0.3) is 0 Å². The number of carboxylic acid groups (broad SMARTS) is 1. The molecule has 0 aromatic heterocycles. The summed E-state index contributed by atoms with van der Waals surface area (Å²) in [7, 11) is 0. The number of Topliss-reactive ketones (excluding diaryl/α,β-unsaturated/α-hetero) is 1. The Morgan fingerprint density at radius 2 is 1.88 bits per heavy atom. The lowest BCUT2D eigenvalue weighted by Gasteiger charge is -2.22. The molecule has 4 nitrogen and oxygen atoms in total. The number of carboxylic acids is 1. The number of hydrogen-bond donors (Lipinski definition) is 2. The molecule has 0 saturated heterocycles. The molecule has 4 heteroatoms. The molecule has 1 atom stereocenters. The van der Waals surface area contributed by atoms with E-state index in [0.29, 0.717) is 12.0 Å². The molecule has 0 spiro atoms. The van der Waals surface area contributed by atoms with E-state index < -0.39 is 17.3 Å².